The number of nitrogens with zero attached hydrogens (tertiary/aromatic N) is 1. The minimum absolute atomic E-state index is 0.00873. The standard InChI is InChI=1S/C17H22Cl2F3NO4/c1-16(2,3)25-10-12(26-14-6-5-11(18)9-13(14)19)7-8-23(4)27-15(24)17(20,21)22/h5-6,9,12H,7-8,10H2,1-4H3/t12-/m1/s1. The van der Waals surface area contributed by atoms with Crippen LogP contribution in [0.25, 0.3) is 0 Å². The number of hydroxylamine groups is 2. The molecule has 0 radical (unpaired) electrons. The highest BCUT2D eigenvalue weighted by atomic mass is 35.5. The number of hydrogen-bond donors (Lipinski definition) is 0. The Morgan fingerprint density at radius 3 is 2.37 bits per heavy atom. The summed E-state index contributed by atoms with van der Waals surface area (Å²) in [6.07, 6.45) is -5.39. The molecule has 1 aromatic carbocycles. The first-order chi connectivity index (χ1) is 12.3. The zero-order chi connectivity index (χ0) is 20.8. The van der Waals surface area contributed by atoms with Crippen molar-refractivity contribution in [3.05, 3.63) is 28.2 Å². The number of halogens is 5. The van der Waals surface area contributed by atoms with E-state index in [2.05, 4.69) is 4.84 Å². The Bertz CT molecular complexity index is 636. The molecule has 0 aliphatic heterocycles. The topological polar surface area (TPSA) is 48.0 Å². The minimum atomic E-state index is -5.06. The van der Waals surface area contributed by atoms with Gasteiger partial charge in [0, 0.05) is 25.0 Å². The van der Waals surface area contributed by atoms with E-state index in [4.69, 9.17) is 32.7 Å². The van der Waals surface area contributed by atoms with Crippen LogP contribution in [0.5, 0.6) is 5.75 Å². The lowest BCUT2D eigenvalue weighted by Crippen LogP contribution is -2.36. The molecule has 154 valence electrons. The second-order valence-corrected chi connectivity index (χ2v) is 7.60. The number of rotatable bonds is 8. The molecule has 0 saturated carbocycles. The number of carbonyl (C=O) groups is 1. The van der Waals surface area contributed by atoms with E-state index in [0.717, 1.165) is 5.06 Å². The third-order valence-corrected chi connectivity index (χ3v) is 3.66. The van der Waals surface area contributed by atoms with Crippen molar-refractivity contribution >= 4 is 29.2 Å². The third kappa shape index (κ3) is 9.51. The average molecular weight is 432 g/mol. The van der Waals surface area contributed by atoms with Crippen molar-refractivity contribution in [2.45, 2.75) is 45.1 Å². The van der Waals surface area contributed by atoms with Gasteiger partial charge < -0.3 is 14.3 Å². The number of alkyl halides is 3. The average Bonchev–Trinajstić information content (AvgIpc) is 2.50. The van der Waals surface area contributed by atoms with Crippen LogP contribution in [-0.4, -0.2) is 49.1 Å². The smallest absolute Gasteiger partial charge is 0.486 e. The van der Waals surface area contributed by atoms with E-state index in [1.165, 1.54) is 13.1 Å². The summed E-state index contributed by atoms with van der Waals surface area (Å²) in [5, 5.41) is 1.53. The van der Waals surface area contributed by atoms with Crippen molar-refractivity contribution in [2.75, 3.05) is 20.2 Å². The van der Waals surface area contributed by atoms with Gasteiger partial charge in [-0.2, -0.15) is 13.2 Å². The monoisotopic (exact) mass is 431 g/mol. The Kier molecular flexibility index (Phi) is 8.66. The zero-order valence-corrected chi connectivity index (χ0v) is 16.9. The van der Waals surface area contributed by atoms with Crippen molar-refractivity contribution in [3.8, 4) is 5.75 Å². The number of hydrogen-bond acceptors (Lipinski definition) is 5. The molecule has 1 rings (SSSR count). The lowest BCUT2D eigenvalue weighted by atomic mass is 10.2. The summed E-state index contributed by atoms with van der Waals surface area (Å²) in [7, 11) is 1.22. The number of benzene rings is 1. The van der Waals surface area contributed by atoms with Crippen molar-refractivity contribution in [1.82, 2.24) is 5.06 Å². The van der Waals surface area contributed by atoms with Crippen LogP contribution in [0.4, 0.5) is 13.2 Å². The largest absolute Gasteiger partial charge is 0.492 e. The summed E-state index contributed by atoms with van der Waals surface area (Å²) < 4.78 is 48.3. The molecule has 10 heteroatoms. The second-order valence-electron chi connectivity index (χ2n) is 6.75. The molecule has 0 aromatic heterocycles. The summed E-state index contributed by atoms with van der Waals surface area (Å²) >= 11 is 11.9. The van der Waals surface area contributed by atoms with E-state index < -0.39 is 23.9 Å². The Labute approximate surface area is 166 Å². The maximum atomic E-state index is 12.3. The zero-order valence-electron chi connectivity index (χ0n) is 15.4. The lowest BCUT2D eigenvalue weighted by Gasteiger charge is -2.26. The Balaban J connectivity index is 2.72. The molecule has 27 heavy (non-hydrogen) atoms. The van der Waals surface area contributed by atoms with Gasteiger partial charge in [-0.05, 0) is 39.0 Å². The predicted octanol–water partition coefficient (Wildman–Crippen LogP) is 4.90. The van der Waals surface area contributed by atoms with Crippen molar-refractivity contribution in [1.29, 1.82) is 0 Å². The first-order valence-corrected chi connectivity index (χ1v) is 8.79. The van der Waals surface area contributed by atoms with Crippen LogP contribution in [0, 0.1) is 0 Å². The molecule has 0 fully saturated rings. The quantitative estimate of drug-likeness (QED) is 0.547. The molecule has 1 atom stereocenters. The fraction of sp³-hybridized carbons (Fsp3) is 0.588. The molecule has 0 aliphatic carbocycles. The van der Waals surface area contributed by atoms with Gasteiger partial charge in [-0.25, -0.2) is 4.79 Å². The van der Waals surface area contributed by atoms with E-state index in [1.54, 1.807) is 12.1 Å². The predicted molar refractivity (Wildman–Crippen MR) is 96.0 cm³/mol. The number of carbonyl (C=O) groups excluding carboxylic acids is 1. The van der Waals surface area contributed by atoms with Gasteiger partial charge in [0.05, 0.1) is 17.2 Å². The van der Waals surface area contributed by atoms with Crippen molar-refractivity contribution in [3.63, 3.8) is 0 Å². The molecule has 0 amide bonds. The third-order valence-electron chi connectivity index (χ3n) is 3.13. The first-order valence-electron chi connectivity index (χ1n) is 8.04. The van der Waals surface area contributed by atoms with Crippen LogP contribution in [0.15, 0.2) is 18.2 Å². The van der Waals surface area contributed by atoms with Crippen molar-refractivity contribution in [2.24, 2.45) is 0 Å². The van der Waals surface area contributed by atoms with E-state index in [1.807, 2.05) is 20.8 Å². The van der Waals surface area contributed by atoms with Gasteiger partial charge in [-0.1, -0.05) is 23.2 Å². The minimum Gasteiger partial charge on any atom is -0.486 e. The molecule has 5 nitrogen and oxygen atoms in total. The fourth-order valence-corrected chi connectivity index (χ4v) is 2.29. The highest BCUT2D eigenvalue weighted by Crippen LogP contribution is 2.29. The molecule has 0 saturated heterocycles. The van der Waals surface area contributed by atoms with Crippen LogP contribution in [-0.2, 0) is 14.4 Å². The van der Waals surface area contributed by atoms with Crippen LogP contribution in [0.1, 0.15) is 27.2 Å². The molecule has 0 spiro atoms. The second kappa shape index (κ2) is 9.82. The van der Waals surface area contributed by atoms with E-state index in [0.29, 0.717) is 15.8 Å². The van der Waals surface area contributed by atoms with Gasteiger partial charge in [0.1, 0.15) is 11.9 Å². The Hall–Kier alpha value is -1.22. The van der Waals surface area contributed by atoms with Crippen LogP contribution in [0.3, 0.4) is 0 Å². The van der Waals surface area contributed by atoms with Gasteiger partial charge in [0.2, 0.25) is 0 Å². The Morgan fingerprint density at radius 2 is 1.85 bits per heavy atom. The van der Waals surface area contributed by atoms with E-state index in [9.17, 15) is 18.0 Å². The van der Waals surface area contributed by atoms with Crippen LogP contribution in [0.2, 0.25) is 10.0 Å². The maximum Gasteiger partial charge on any atom is 0.492 e. The summed E-state index contributed by atoms with van der Waals surface area (Å²) in [6.45, 7) is 5.72. The summed E-state index contributed by atoms with van der Waals surface area (Å²) in [4.78, 5) is 15.1. The molecular weight excluding hydrogens is 410 g/mol. The van der Waals surface area contributed by atoms with E-state index in [-0.39, 0.29) is 19.6 Å². The van der Waals surface area contributed by atoms with Gasteiger partial charge >= 0.3 is 12.1 Å². The fourth-order valence-electron chi connectivity index (χ4n) is 1.83. The highest BCUT2D eigenvalue weighted by molar-refractivity contribution is 6.35. The summed E-state index contributed by atoms with van der Waals surface area (Å²) in [5.74, 6) is -1.92. The van der Waals surface area contributed by atoms with Crippen LogP contribution >= 0.6 is 23.2 Å². The molecule has 0 bridgehead atoms. The van der Waals surface area contributed by atoms with Gasteiger partial charge in [0.15, 0.2) is 0 Å². The maximum absolute atomic E-state index is 12.3. The summed E-state index contributed by atoms with van der Waals surface area (Å²) in [5.41, 5.74) is -0.444. The molecule has 0 heterocycles. The summed E-state index contributed by atoms with van der Waals surface area (Å²) in [6, 6.07) is 4.70. The molecule has 0 unspecified atom stereocenters. The lowest BCUT2D eigenvalue weighted by molar-refractivity contribution is -0.234. The van der Waals surface area contributed by atoms with Gasteiger partial charge in [-0.15, -0.1) is 5.06 Å². The molecule has 1 aromatic rings. The highest BCUT2D eigenvalue weighted by Gasteiger charge is 2.42. The van der Waals surface area contributed by atoms with E-state index >= 15 is 0 Å². The van der Waals surface area contributed by atoms with Gasteiger partial charge in [0.25, 0.3) is 0 Å². The number of ether oxygens (including phenoxy) is 2. The van der Waals surface area contributed by atoms with Gasteiger partial charge in [-0.3, -0.25) is 0 Å². The first kappa shape index (κ1) is 23.8. The Morgan fingerprint density at radius 1 is 1.22 bits per heavy atom. The van der Waals surface area contributed by atoms with Crippen molar-refractivity contribution < 1.29 is 32.3 Å². The molecule has 0 aliphatic rings. The van der Waals surface area contributed by atoms with Crippen LogP contribution < -0.4 is 4.74 Å². The SMILES string of the molecule is CN(CC[C@H](COC(C)(C)C)Oc1ccc(Cl)cc1Cl)OC(=O)C(F)(F)F. The molecular formula is C17H22Cl2F3NO4. The molecule has 0 N–H and O–H groups in total. The normalized spacial score (nSPS) is 13.6.